The van der Waals surface area contributed by atoms with Crippen LogP contribution in [0, 0.1) is 5.82 Å². The van der Waals surface area contributed by atoms with Gasteiger partial charge in [0.05, 0.1) is 4.91 Å². The van der Waals surface area contributed by atoms with E-state index >= 15 is 0 Å². The lowest BCUT2D eigenvalue weighted by Crippen LogP contribution is -2.19. The van der Waals surface area contributed by atoms with Gasteiger partial charge < -0.3 is 9.88 Å². The van der Waals surface area contributed by atoms with Crippen LogP contribution >= 0.6 is 11.8 Å². The molecule has 1 aliphatic heterocycles. The molecule has 2 aromatic rings. The molecule has 0 radical (unpaired) electrons. The van der Waals surface area contributed by atoms with Gasteiger partial charge in [-0.25, -0.2) is 9.38 Å². The Morgan fingerprint density at radius 3 is 2.81 bits per heavy atom. The first-order chi connectivity index (χ1) is 10.1. The molecule has 3 rings (SSSR count). The fourth-order valence-corrected chi connectivity index (χ4v) is 2.71. The zero-order chi connectivity index (χ0) is 14.8. The van der Waals surface area contributed by atoms with Gasteiger partial charge in [0.15, 0.2) is 5.17 Å². The molecule has 0 aliphatic carbocycles. The van der Waals surface area contributed by atoms with Gasteiger partial charge in [-0.2, -0.15) is 0 Å². The molecule has 1 saturated heterocycles. The van der Waals surface area contributed by atoms with Gasteiger partial charge in [-0.1, -0.05) is 12.1 Å². The molecule has 21 heavy (non-hydrogen) atoms. The fraction of sp³-hybridized carbons (Fsp3) is 0.0667. The highest BCUT2D eigenvalue weighted by atomic mass is 32.2. The fourth-order valence-electron chi connectivity index (χ4n) is 1.89. The summed E-state index contributed by atoms with van der Waals surface area (Å²) in [6.07, 6.45) is 3.68. The van der Waals surface area contributed by atoms with Crippen LogP contribution in [0.4, 0.5) is 10.1 Å². The first kappa shape index (κ1) is 13.6. The standard InChI is InChI=1S/C15H12FN3OS/c1-19-8-4-5-10(19)9-13-14(20)18-15(21-13)17-12-7-3-2-6-11(12)16/h2-9H,1H3,(H,17,18,20). The number of aliphatic imine (C=N–C) groups is 1. The predicted octanol–water partition coefficient (Wildman–Crippen LogP) is 3.06. The van der Waals surface area contributed by atoms with Crippen molar-refractivity contribution in [1.82, 2.24) is 9.88 Å². The number of nitrogens with zero attached hydrogens (tertiary/aromatic N) is 2. The minimum absolute atomic E-state index is 0.209. The van der Waals surface area contributed by atoms with Crippen LogP contribution in [0.15, 0.2) is 52.5 Å². The van der Waals surface area contributed by atoms with E-state index in [1.54, 1.807) is 24.3 Å². The molecule has 0 unspecified atom stereocenters. The summed E-state index contributed by atoms with van der Waals surface area (Å²) in [4.78, 5) is 16.6. The van der Waals surface area contributed by atoms with E-state index in [1.165, 1.54) is 17.8 Å². The van der Waals surface area contributed by atoms with Crippen molar-refractivity contribution in [3.05, 3.63) is 59.0 Å². The quantitative estimate of drug-likeness (QED) is 0.867. The van der Waals surface area contributed by atoms with Crippen LogP contribution in [0.25, 0.3) is 6.08 Å². The van der Waals surface area contributed by atoms with Crippen molar-refractivity contribution in [3.63, 3.8) is 0 Å². The first-order valence-electron chi connectivity index (χ1n) is 6.29. The number of amides is 1. The number of benzene rings is 1. The summed E-state index contributed by atoms with van der Waals surface area (Å²) in [5, 5.41) is 3.02. The Hall–Kier alpha value is -2.34. The van der Waals surface area contributed by atoms with E-state index in [9.17, 15) is 9.18 Å². The van der Waals surface area contributed by atoms with E-state index in [0.717, 1.165) is 5.69 Å². The van der Waals surface area contributed by atoms with Crippen LogP contribution in [0.1, 0.15) is 5.69 Å². The number of thioether (sulfide) groups is 1. The molecule has 6 heteroatoms. The van der Waals surface area contributed by atoms with Crippen molar-refractivity contribution in [2.45, 2.75) is 0 Å². The Bertz CT molecular complexity index is 764. The second-order valence-electron chi connectivity index (χ2n) is 4.48. The molecular formula is C15H12FN3OS. The van der Waals surface area contributed by atoms with Crippen LogP contribution in [0.3, 0.4) is 0 Å². The van der Waals surface area contributed by atoms with Crippen LogP contribution in [-0.4, -0.2) is 15.6 Å². The average molecular weight is 301 g/mol. The Labute approximate surface area is 125 Å². The molecule has 0 spiro atoms. The number of para-hydroxylation sites is 1. The SMILES string of the molecule is Cn1cccc1C=C1SC(=Nc2ccccc2F)NC1=O. The zero-order valence-corrected chi connectivity index (χ0v) is 12.0. The molecule has 1 aliphatic rings. The predicted molar refractivity (Wildman–Crippen MR) is 82.6 cm³/mol. The molecule has 2 heterocycles. The van der Waals surface area contributed by atoms with E-state index in [-0.39, 0.29) is 11.6 Å². The number of hydrogen-bond acceptors (Lipinski definition) is 3. The maximum Gasteiger partial charge on any atom is 0.264 e. The van der Waals surface area contributed by atoms with Crippen molar-refractivity contribution < 1.29 is 9.18 Å². The van der Waals surface area contributed by atoms with Gasteiger partial charge in [0.2, 0.25) is 0 Å². The monoisotopic (exact) mass is 301 g/mol. The van der Waals surface area contributed by atoms with E-state index in [4.69, 9.17) is 0 Å². The summed E-state index contributed by atoms with van der Waals surface area (Å²) in [6.45, 7) is 0. The first-order valence-corrected chi connectivity index (χ1v) is 7.10. The lowest BCUT2D eigenvalue weighted by molar-refractivity contribution is -0.115. The maximum atomic E-state index is 13.5. The van der Waals surface area contributed by atoms with E-state index in [2.05, 4.69) is 10.3 Å². The summed E-state index contributed by atoms with van der Waals surface area (Å²) >= 11 is 1.20. The summed E-state index contributed by atoms with van der Waals surface area (Å²) in [5.74, 6) is -0.643. The van der Waals surface area contributed by atoms with E-state index in [0.29, 0.717) is 10.1 Å². The molecule has 0 saturated carbocycles. The average Bonchev–Trinajstić information content (AvgIpc) is 3.00. The van der Waals surface area contributed by atoms with Crippen molar-refractivity contribution in [1.29, 1.82) is 0 Å². The van der Waals surface area contributed by atoms with Crippen LogP contribution in [0.5, 0.6) is 0 Å². The minimum Gasteiger partial charge on any atom is -0.351 e. The third kappa shape index (κ3) is 2.90. The maximum absolute atomic E-state index is 13.5. The molecule has 0 bridgehead atoms. The number of halogens is 1. The minimum atomic E-state index is -0.417. The number of carbonyl (C=O) groups excluding carboxylic acids is 1. The van der Waals surface area contributed by atoms with Gasteiger partial charge in [0, 0.05) is 18.9 Å². The second-order valence-corrected chi connectivity index (χ2v) is 5.51. The summed E-state index contributed by atoms with van der Waals surface area (Å²) in [6, 6.07) is 10.0. The Balaban J connectivity index is 1.87. The Morgan fingerprint density at radius 2 is 2.10 bits per heavy atom. The number of aromatic nitrogens is 1. The summed E-state index contributed by atoms with van der Waals surface area (Å²) in [5.41, 5.74) is 1.13. The van der Waals surface area contributed by atoms with Gasteiger partial charge in [-0.15, -0.1) is 0 Å². The molecule has 1 amide bonds. The summed E-state index contributed by atoms with van der Waals surface area (Å²) < 4.78 is 15.5. The highest BCUT2D eigenvalue weighted by Gasteiger charge is 2.24. The van der Waals surface area contributed by atoms with Crippen molar-refractivity contribution in [3.8, 4) is 0 Å². The number of hydrogen-bond donors (Lipinski definition) is 1. The van der Waals surface area contributed by atoms with Crippen LogP contribution < -0.4 is 5.32 Å². The van der Waals surface area contributed by atoms with Crippen molar-refractivity contribution >= 4 is 34.6 Å². The lowest BCUT2D eigenvalue weighted by atomic mass is 10.3. The number of carbonyl (C=O) groups is 1. The molecule has 1 aromatic heterocycles. The van der Waals surface area contributed by atoms with E-state index < -0.39 is 5.82 Å². The van der Waals surface area contributed by atoms with Gasteiger partial charge in [0.25, 0.3) is 5.91 Å². The number of amidine groups is 1. The highest BCUT2D eigenvalue weighted by Crippen LogP contribution is 2.28. The van der Waals surface area contributed by atoms with Gasteiger partial charge in [-0.05, 0) is 42.1 Å². The van der Waals surface area contributed by atoms with E-state index in [1.807, 2.05) is 29.9 Å². The molecule has 0 atom stereocenters. The molecular weight excluding hydrogens is 289 g/mol. The molecule has 1 fully saturated rings. The highest BCUT2D eigenvalue weighted by molar-refractivity contribution is 8.18. The molecule has 4 nitrogen and oxygen atoms in total. The van der Waals surface area contributed by atoms with Crippen LogP contribution in [0.2, 0.25) is 0 Å². The second kappa shape index (κ2) is 5.57. The topological polar surface area (TPSA) is 46.4 Å². The molecule has 1 N–H and O–H groups in total. The molecule has 1 aromatic carbocycles. The largest absolute Gasteiger partial charge is 0.351 e. The normalized spacial score (nSPS) is 18.5. The number of rotatable bonds is 2. The Kier molecular flexibility index (Phi) is 3.62. The molecule has 106 valence electrons. The third-order valence-electron chi connectivity index (χ3n) is 2.99. The van der Waals surface area contributed by atoms with Gasteiger partial charge >= 0.3 is 0 Å². The summed E-state index contributed by atoms with van der Waals surface area (Å²) in [7, 11) is 1.90. The van der Waals surface area contributed by atoms with Crippen LogP contribution in [-0.2, 0) is 11.8 Å². The Morgan fingerprint density at radius 1 is 1.29 bits per heavy atom. The van der Waals surface area contributed by atoms with Gasteiger partial charge in [-0.3, -0.25) is 4.79 Å². The zero-order valence-electron chi connectivity index (χ0n) is 11.2. The van der Waals surface area contributed by atoms with Gasteiger partial charge in [0.1, 0.15) is 11.5 Å². The number of aryl methyl sites for hydroxylation is 1. The van der Waals surface area contributed by atoms with Crippen molar-refractivity contribution in [2.24, 2.45) is 12.0 Å². The third-order valence-corrected chi connectivity index (χ3v) is 3.90. The van der Waals surface area contributed by atoms with Crippen molar-refractivity contribution in [2.75, 3.05) is 0 Å². The smallest absolute Gasteiger partial charge is 0.264 e. The lowest BCUT2D eigenvalue weighted by Gasteiger charge is -1.97. The number of nitrogens with one attached hydrogen (secondary N) is 1.